The van der Waals surface area contributed by atoms with Crippen molar-refractivity contribution in [3.8, 4) is 5.69 Å². The molecule has 2 aromatic rings. The number of ether oxygens (including phenoxy) is 1. The fourth-order valence-corrected chi connectivity index (χ4v) is 2.23. The van der Waals surface area contributed by atoms with Crippen LogP contribution in [0.1, 0.15) is 23.9 Å². The molecular weight excluding hydrogens is 216 g/mol. The van der Waals surface area contributed by atoms with Crippen molar-refractivity contribution in [2.24, 2.45) is 0 Å². The topological polar surface area (TPSA) is 52.8 Å². The zero-order chi connectivity index (χ0) is 11.7. The molecular formula is C12H14N4O. The number of rotatable bonds is 3. The van der Waals surface area contributed by atoms with Gasteiger partial charge in [-0.25, -0.2) is 0 Å². The zero-order valence-electron chi connectivity index (χ0n) is 9.76. The van der Waals surface area contributed by atoms with E-state index < -0.39 is 0 Å². The molecule has 0 atom stereocenters. The Morgan fingerprint density at radius 1 is 1.35 bits per heavy atom. The van der Waals surface area contributed by atoms with E-state index in [1.54, 1.807) is 0 Å². The Labute approximate surface area is 99.4 Å². The first kappa shape index (κ1) is 10.4. The lowest BCUT2D eigenvalue weighted by atomic mass is 10.00. The van der Waals surface area contributed by atoms with Crippen LogP contribution in [0.5, 0.6) is 0 Å². The Balaban J connectivity index is 2.09. The van der Waals surface area contributed by atoms with Gasteiger partial charge in [0.1, 0.15) is 0 Å². The quantitative estimate of drug-likeness (QED) is 0.797. The van der Waals surface area contributed by atoms with Crippen LogP contribution in [0.25, 0.3) is 5.69 Å². The van der Waals surface area contributed by atoms with Crippen molar-refractivity contribution >= 4 is 0 Å². The van der Waals surface area contributed by atoms with E-state index in [2.05, 4.69) is 33.7 Å². The molecule has 1 aliphatic heterocycles. The van der Waals surface area contributed by atoms with Gasteiger partial charge in [-0.3, -0.25) is 0 Å². The van der Waals surface area contributed by atoms with Gasteiger partial charge in [0.05, 0.1) is 12.3 Å². The highest BCUT2D eigenvalue weighted by Gasteiger charge is 2.20. The average Bonchev–Trinajstić information content (AvgIpc) is 2.84. The van der Waals surface area contributed by atoms with E-state index in [0.29, 0.717) is 13.2 Å². The number of aromatic nitrogens is 4. The fourth-order valence-electron chi connectivity index (χ4n) is 2.23. The van der Waals surface area contributed by atoms with Crippen LogP contribution in [-0.4, -0.2) is 26.8 Å². The predicted molar refractivity (Wildman–Crippen MR) is 61.9 cm³/mol. The van der Waals surface area contributed by atoms with Crippen molar-refractivity contribution in [2.45, 2.75) is 26.4 Å². The zero-order valence-corrected chi connectivity index (χ0v) is 9.76. The van der Waals surface area contributed by atoms with Crippen molar-refractivity contribution in [1.29, 1.82) is 0 Å². The molecule has 1 aromatic heterocycles. The van der Waals surface area contributed by atoms with Crippen LogP contribution in [0.4, 0.5) is 0 Å². The Hall–Kier alpha value is -1.75. The molecule has 0 unspecified atom stereocenters. The van der Waals surface area contributed by atoms with Crippen LogP contribution < -0.4 is 0 Å². The monoisotopic (exact) mass is 230 g/mol. The number of tetrazole rings is 1. The van der Waals surface area contributed by atoms with E-state index >= 15 is 0 Å². The van der Waals surface area contributed by atoms with Crippen molar-refractivity contribution in [2.75, 3.05) is 6.61 Å². The van der Waals surface area contributed by atoms with Gasteiger partial charge in [-0.1, -0.05) is 18.2 Å². The minimum Gasteiger partial charge on any atom is -0.377 e. The van der Waals surface area contributed by atoms with Crippen molar-refractivity contribution in [1.82, 2.24) is 20.2 Å². The number of nitrogens with zero attached hydrogens (tertiary/aromatic N) is 4. The van der Waals surface area contributed by atoms with Crippen LogP contribution in [0.15, 0.2) is 18.2 Å². The molecule has 88 valence electrons. The van der Waals surface area contributed by atoms with Gasteiger partial charge in [0, 0.05) is 18.6 Å². The first-order chi connectivity index (χ1) is 8.40. The van der Waals surface area contributed by atoms with Crippen LogP contribution in [0.3, 0.4) is 0 Å². The molecule has 0 saturated carbocycles. The molecule has 0 fully saturated rings. The third-order valence-corrected chi connectivity index (χ3v) is 3.03. The molecule has 5 heteroatoms. The average molecular weight is 230 g/mol. The van der Waals surface area contributed by atoms with Gasteiger partial charge in [-0.15, -0.1) is 5.10 Å². The molecule has 0 bridgehead atoms. The van der Waals surface area contributed by atoms with Gasteiger partial charge in [0.15, 0.2) is 5.82 Å². The number of benzene rings is 1. The van der Waals surface area contributed by atoms with Crippen LogP contribution >= 0.6 is 0 Å². The minimum absolute atomic E-state index is 0.610. The maximum absolute atomic E-state index is 5.50. The SMILES string of the molecule is CCOCc1cccc2c1-n1nnnc1CC2. The summed E-state index contributed by atoms with van der Waals surface area (Å²) < 4.78 is 7.34. The van der Waals surface area contributed by atoms with E-state index in [1.807, 2.05) is 11.6 Å². The largest absolute Gasteiger partial charge is 0.377 e. The molecule has 1 aromatic carbocycles. The molecule has 17 heavy (non-hydrogen) atoms. The van der Waals surface area contributed by atoms with Gasteiger partial charge in [-0.2, -0.15) is 4.68 Å². The Kier molecular flexibility index (Phi) is 2.60. The van der Waals surface area contributed by atoms with Gasteiger partial charge < -0.3 is 4.74 Å². The number of fused-ring (bicyclic) bond motifs is 3. The number of aryl methyl sites for hydroxylation is 2. The molecule has 2 heterocycles. The standard InChI is InChI=1S/C12H14N4O/c1-2-17-8-10-5-3-4-9-6-7-11-13-14-15-16(11)12(9)10/h3-5H,2,6-8H2,1H3. The van der Waals surface area contributed by atoms with Crippen LogP contribution in [0.2, 0.25) is 0 Å². The second-order valence-corrected chi connectivity index (χ2v) is 4.07. The predicted octanol–water partition coefficient (Wildman–Crippen LogP) is 1.30. The van der Waals surface area contributed by atoms with Crippen molar-refractivity contribution in [3.05, 3.63) is 35.2 Å². The molecule has 0 saturated heterocycles. The summed E-state index contributed by atoms with van der Waals surface area (Å²) in [6.45, 7) is 3.32. The van der Waals surface area contributed by atoms with E-state index in [-0.39, 0.29) is 0 Å². The lowest BCUT2D eigenvalue weighted by molar-refractivity contribution is 0.134. The maximum Gasteiger partial charge on any atom is 0.157 e. The van der Waals surface area contributed by atoms with E-state index in [4.69, 9.17) is 4.74 Å². The maximum atomic E-state index is 5.50. The van der Waals surface area contributed by atoms with Gasteiger partial charge in [0.25, 0.3) is 0 Å². The molecule has 0 amide bonds. The molecule has 1 aliphatic rings. The summed E-state index contributed by atoms with van der Waals surface area (Å²) in [5.74, 6) is 0.932. The summed E-state index contributed by atoms with van der Waals surface area (Å²) in [7, 11) is 0. The van der Waals surface area contributed by atoms with Crippen LogP contribution in [-0.2, 0) is 24.2 Å². The lowest BCUT2D eigenvalue weighted by Crippen LogP contribution is -2.16. The highest BCUT2D eigenvalue weighted by molar-refractivity contribution is 5.49. The Morgan fingerprint density at radius 2 is 2.29 bits per heavy atom. The van der Waals surface area contributed by atoms with E-state index in [9.17, 15) is 0 Å². The third kappa shape index (κ3) is 1.72. The summed E-state index contributed by atoms with van der Waals surface area (Å²) in [4.78, 5) is 0. The Bertz CT molecular complexity index is 535. The molecule has 0 spiro atoms. The summed E-state index contributed by atoms with van der Waals surface area (Å²) in [5, 5.41) is 11.9. The molecule has 0 N–H and O–H groups in total. The summed E-state index contributed by atoms with van der Waals surface area (Å²) in [6, 6.07) is 6.28. The number of hydrogen-bond donors (Lipinski definition) is 0. The van der Waals surface area contributed by atoms with E-state index in [1.165, 1.54) is 5.56 Å². The van der Waals surface area contributed by atoms with Gasteiger partial charge in [0.2, 0.25) is 0 Å². The summed E-state index contributed by atoms with van der Waals surface area (Å²) in [5.41, 5.74) is 3.55. The lowest BCUT2D eigenvalue weighted by Gasteiger charge is -2.19. The number of hydrogen-bond acceptors (Lipinski definition) is 4. The van der Waals surface area contributed by atoms with Crippen LogP contribution in [0, 0.1) is 0 Å². The molecule has 5 nitrogen and oxygen atoms in total. The van der Waals surface area contributed by atoms with Crippen molar-refractivity contribution < 1.29 is 4.74 Å². The number of para-hydroxylation sites is 1. The normalized spacial score (nSPS) is 13.2. The molecule has 0 radical (unpaired) electrons. The Morgan fingerprint density at radius 3 is 3.18 bits per heavy atom. The van der Waals surface area contributed by atoms with Crippen molar-refractivity contribution in [3.63, 3.8) is 0 Å². The highest BCUT2D eigenvalue weighted by Crippen LogP contribution is 2.26. The third-order valence-electron chi connectivity index (χ3n) is 3.03. The summed E-state index contributed by atoms with van der Waals surface area (Å²) >= 11 is 0. The molecule has 0 aliphatic carbocycles. The second-order valence-electron chi connectivity index (χ2n) is 4.07. The molecule has 3 rings (SSSR count). The fraction of sp³-hybridized carbons (Fsp3) is 0.417. The van der Waals surface area contributed by atoms with Gasteiger partial charge in [-0.05, 0) is 29.3 Å². The van der Waals surface area contributed by atoms with E-state index in [0.717, 1.165) is 29.9 Å². The summed E-state index contributed by atoms with van der Waals surface area (Å²) in [6.07, 6.45) is 1.90. The first-order valence-corrected chi connectivity index (χ1v) is 5.86. The smallest absolute Gasteiger partial charge is 0.157 e. The first-order valence-electron chi connectivity index (χ1n) is 5.86. The second kappa shape index (κ2) is 4.25. The minimum atomic E-state index is 0.610. The highest BCUT2D eigenvalue weighted by atomic mass is 16.5. The van der Waals surface area contributed by atoms with Gasteiger partial charge >= 0.3 is 0 Å².